The van der Waals surface area contributed by atoms with E-state index in [0.717, 1.165) is 38.5 Å². The molecule has 0 aromatic rings. The fourth-order valence-corrected chi connectivity index (χ4v) is 3.45. The second kappa shape index (κ2) is 4.22. The Bertz CT molecular complexity index is 284. The van der Waals surface area contributed by atoms with Crippen LogP contribution in [0.4, 0.5) is 0 Å². The number of ether oxygens (including phenoxy) is 1. The van der Waals surface area contributed by atoms with Gasteiger partial charge in [-0.2, -0.15) is 0 Å². The van der Waals surface area contributed by atoms with Crippen LogP contribution in [0.5, 0.6) is 0 Å². The van der Waals surface area contributed by atoms with Crippen molar-refractivity contribution in [2.24, 2.45) is 11.1 Å². The van der Waals surface area contributed by atoms with Crippen molar-refractivity contribution in [1.29, 1.82) is 0 Å². The summed E-state index contributed by atoms with van der Waals surface area (Å²) in [6, 6.07) is 0. The highest BCUT2D eigenvalue weighted by atomic mass is 16.5. The van der Waals surface area contributed by atoms with Gasteiger partial charge in [-0.15, -0.1) is 0 Å². The summed E-state index contributed by atoms with van der Waals surface area (Å²) in [6.07, 6.45) is 6.90. The molecule has 2 aliphatic rings. The first-order chi connectivity index (χ1) is 7.80. The Morgan fingerprint density at radius 2 is 1.76 bits per heavy atom. The topological polar surface area (TPSA) is 55.5 Å². The van der Waals surface area contributed by atoms with Crippen LogP contribution in [0.3, 0.4) is 0 Å². The van der Waals surface area contributed by atoms with Crippen molar-refractivity contribution in [2.75, 3.05) is 7.11 Å². The molecule has 3 heteroatoms. The second-order valence-electron chi connectivity index (χ2n) is 6.97. The van der Waals surface area contributed by atoms with Crippen LogP contribution in [-0.2, 0) is 4.74 Å². The highest BCUT2D eigenvalue weighted by Crippen LogP contribution is 2.48. The van der Waals surface area contributed by atoms with E-state index in [4.69, 9.17) is 10.5 Å². The van der Waals surface area contributed by atoms with E-state index in [2.05, 4.69) is 13.8 Å². The molecule has 3 nitrogen and oxygen atoms in total. The van der Waals surface area contributed by atoms with Gasteiger partial charge in [0, 0.05) is 12.6 Å². The molecule has 0 bridgehead atoms. The molecule has 3 N–H and O–H groups in total. The maximum Gasteiger partial charge on any atom is 0.0828 e. The van der Waals surface area contributed by atoms with Crippen LogP contribution >= 0.6 is 0 Å². The van der Waals surface area contributed by atoms with Gasteiger partial charge in [-0.3, -0.25) is 0 Å². The molecule has 2 aliphatic carbocycles. The summed E-state index contributed by atoms with van der Waals surface area (Å²) in [4.78, 5) is 0. The van der Waals surface area contributed by atoms with Crippen LogP contribution in [-0.4, -0.2) is 29.5 Å². The summed E-state index contributed by atoms with van der Waals surface area (Å²) >= 11 is 0. The van der Waals surface area contributed by atoms with Crippen molar-refractivity contribution >= 4 is 0 Å². The molecule has 0 radical (unpaired) electrons. The minimum absolute atomic E-state index is 0.250. The van der Waals surface area contributed by atoms with Crippen molar-refractivity contribution < 1.29 is 9.84 Å². The van der Waals surface area contributed by atoms with Gasteiger partial charge in [0.05, 0.1) is 11.7 Å². The second-order valence-corrected chi connectivity index (χ2v) is 6.97. The summed E-state index contributed by atoms with van der Waals surface area (Å²) in [5.74, 6) is 0. The summed E-state index contributed by atoms with van der Waals surface area (Å²) in [6.45, 7) is 4.58. The number of rotatable bonds is 2. The summed E-state index contributed by atoms with van der Waals surface area (Å²) in [5, 5.41) is 10.9. The van der Waals surface area contributed by atoms with Crippen molar-refractivity contribution in [3.05, 3.63) is 0 Å². The number of hydrogen-bond acceptors (Lipinski definition) is 3. The van der Waals surface area contributed by atoms with Gasteiger partial charge in [0.2, 0.25) is 0 Å². The monoisotopic (exact) mass is 241 g/mol. The highest BCUT2D eigenvalue weighted by molar-refractivity contribution is 5.13. The Balaban J connectivity index is 2.04. The molecule has 0 amide bonds. The van der Waals surface area contributed by atoms with Gasteiger partial charge in [-0.1, -0.05) is 13.8 Å². The van der Waals surface area contributed by atoms with Crippen LogP contribution < -0.4 is 5.73 Å². The van der Waals surface area contributed by atoms with Gasteiger partial charge in [0.15, 0.2) is 0 Å². The molecule has 0 aliphatic heterocycles. The van der Waals surface area contributed by atoms with Crippen LogP contribution in [0.1, 0.15) is 58.8 Å². The zero-order chi connectivity index (χ0) is 12.7. The zero-order valence-corrected chi connectivity index (χ0v) is 11.5. The number of aliphatic hydroxyl groups is 1. The maximum absolute atomic E-state index is 10.9. The van der Waals surface area contributed by atoms with E-state index in [9.17, 15) is 5.11 Å². The van der Waals surface area contributed by atoms with Gasteiger partial charge in [0.25, 0.3) is 0 Å². The van der Waals surface area contributed by atoms with Crippen LogP contribution in [0.25, 0.3) is 0 Å². The molecule has 2 saturated carbocycles. The third-order valence-corrected chi connectivity index (χ3v) is 5.10. The molecule has 17 heavy (non-hydrogen) atoms. The molecule has 0 spiro atoms. The predicted octanol–water partition coefficient (Wildman–Crippen LogP) is 2.21. The normalized spacial score (nSPS) is 46.1. The van der Waals surface area contributed by atoms with Gasteiger partial charge in [0.1, 0.15) is 0 Å². The molecule has 0 aromatic carbocycles. The predicted molar refractivity (Wildman–Crippen MR) is 68.8 cm³/mol. The molecular weight excluding hydrogens is 214 g/mol. The van der Waals surface area contributed by atoms with Gasteiger partial charge < -0.3 is 15.6 Å². The fourth-order valence-electron chi connectivity index (χ4n) is 3.45. The molecule has 2 fully saturated rings. The zero-order valence-electron chi connectivity index (χ0n) is 11.5. The molecule has 2 rings (SSSR count). The Morgan fingerprint density at radius 1 is 1.12 bits per heavy atom. The lowest BCUT2D eigenvalue weighted by molar-refractivity contribution is -0.133. The largest absolute Gasteiger partial charge is 0.388 e. The minimum atomic E-state index is -0.671. The Hall–Kier alpha value is -0.120. The summed E-state index contributed by atoms with van der Waals surface area (Å²) in [5.41, 5.74) is 5.68. The lowest BCUT2D eigenvalue weighted by atomic mass is 9.61. The summed E-state index contributed by atoms with van der Waals surface area (Å²) < 4.78 is 5.30. The Morgan fingerprint density at radius 3 is 2.35 bits per heavy atom. The Labute approximate surface area is 105 Å². The number of methoxy groups -OCH3 is 1. The standard InChI is InChI=1S/C14H27NO2/c1-12(2)5-4-6-14(16,8-7-12)13(15)9-11(10-13)17-3/h11,16H,4-10,15H2,1-3H3. The molecule has 1 unspecified atom stereocenters. The average Bonchev–Trinajstić information content (AvgIpc) is 2.34. The van der Waals surface area contributed by atoms with Crippen LogP contribution in [0.15, 0.2) is 0 Å². The first-order valence-corrected chi connectivity index (χ1v) is 6.84. The van der Waals surface area contributed by atoms with Gasteiger partial charge >= 0.3 is 0 Å². The molecule has 0 saturated heterocycles. The fraction of sp³-hybridized carbons (Fsp3) is 1.00. The average molecular weight is 241 g/mol. The smallest absolute Gasteiger partial charge is 0.0828 e. The van der Waals surface area contributed by atoms with E-state index in [1.54, 1.807) is 7.11 Å². The SMILES string of the molecule is COC1CC(N)(C2(O)CCCC(C)(C)CC2)C1. The van der Waals surface area contributed by atoms with E-state index in [0.29, 0.717) is 5.41 Å². The molecule has 0 heterocycles. The van der Waals surface area contributed by atoms with E-state index >= 15 is 0 Å². The molecule has 100 valence electrons. The first kappa shape index (κ1) is 13.3. The van der Waals surface area contributed by atoms with Crippen LogP contribution in [0.2, 0.25) is 0 Å². The molecular formula is C14H27NO2. The van der Waals surface area contributed by atoms with E-state index < -0.39 is 11.1 Å². The van der Waals surface area contributed by atoms with Crippen molar-refractivity contribution in [3.8, 4) is 0 Å². The third kappa shape index (κ3) is 2.38. The Kier molecular flexibility index (Phi) is 3.30. The van der Waals surface area contributed by atoms with Gasteiger partial charge in [-0.05, 0) is 50.4 Å². The van der Waals surface area contributed by atoms with E-state index in [1.807, 2.05) is 0 Å². The number of nitrogens with two attached hydrogens (primary N) is 1. The quantitative estimate of drug-likeness (QED) is 0.729. The van der Waals surface area contributed by atoms with Crippen molar-refractivity contribution in [3.63, 3.8) is 0 Å². The lowest BCUT2D eigenvalue weighted by Crippen LogP contribution is -2.69. The van der Waals surface area contributed by atoms with Crippen molar-refractivity contribution in [1.82, 2.24) is 0 Å². The maximum atomic E-state index is 10.9. The first-order valence-electron chi connectivity index (χ1n) is 6.84. The van der Waals surface area contributed by atoms with E-state index in [1.165, 1.54) is 6.42 Å². The minimum Gasteiger partial charge on any atom is -0.388 e. The molecule has 1 atom stereocenters. The summed E-state index contributed by atoms with van der Waals surface area (Å²) in [7, 11) is 1.73. The van der Waals surface area contributed by atoms with E-state index in [-0.39, 0.29) is 6.10 Å². The lowest BCUT2D eigenvalue weighted by Gasteiger charge is -2.54. The van der Waals surface area contributed by atoms with Crippen LogP contribution in [0, 0.1) is 5.41 Å². The highest BCUT2D eigenvalue weighted by Gasteiger charge is 2.56. The van der Waals surface area contributed by atoms with Gasteiger partial charge in [-0.25, -0.2) is 0 Å². The number of hydrogen-bond donors (Lipinski definition) is 2. The third-order valence-electron chi connectivity index (χ3n) is 5.10. The van der Waals surface area contributed by atoms with Crippen molar-refractivity contribution in [2.45, 2.75) is 76.0 Å². The molecule has 0 aromatic heterocycles.